The van der Waals surface area contributed by atoms with E-state index in [1.54, 1.807) is 6.07 Å². The van der Waals surface area contributed by atoms with Gasteiger partial charge in [-0.2, -0.15) is 0 Å². The molecule has 1 unspecified atom stereocenters. The van der Waals surface area contributed by atoms with Crippen molar-refractivity contribution in [2.24, 2.45) is 5.92 Å². The average molecular weight is 264 g/mol. The second-order valence-electron chi connectivity index (χ2n) is 5.58. The topological polar surface area (TPSA) is 15.3 Å². The molecule has 19 heavy (non-hydrogen) atoms. The summed E-state index contributed by atoms with van der Waals surface area (Å²) in [6.45, 7) is 6.17. The van der Waals surface area contributed by atoms with Crippen LogP contribution in [0.4, 0.5) is 10.1 Å². The van der Waals surface area contributed by atoms with Crippen molar-refractivity contribution in [2.75, 3.05) is 25.0 Å². The van der Waals surface area contributed by atoms with Crippen molar-refractivity contribution in [1.29, 1.82) is 0 Å². The highest BCUT2D eigenvalue weighted by Crippen LogP contribution is 2.35. The van der Waals surface area contributed by atoms with E-state index in [2.05, 4.69) is 24.1 Å². The van der Waals surface area contributed by atoms with Gasteiger partial charge in [-0.3, -0.25) is 0 Å². The van der Waals surface area contributed by atoms with Gasteiger partial charge in [0.1, 0.15) is 5.82 Å². The molecule has 0 aliphatic heterocycles. The van der Waals surface area contributed by atoms with Gasteiger partial charge >= 0.3 is 0 Å². The Kier molecular flexibility index (Phi) is 4.81. The van der Waals surface area contributed by atoms with Crippen LogP contribution in [-0.4, -0.2) is 20.1 Å². The van der Waals surface area contributed by atoms with Crippen molar-refractivity contribution in [1.82, 2.24) is 5.32 Å². The molecule has 1 atom stereocenters. The molecule has 1 aliphatic rings. The van der Waals surface area contributed by atoms with Gasteiger partial charge < -0.3 is 10.2 Å². The molecule has 1 fully saturated rings. The monoisotopic (exact) mass is 264 g/mol. The molecule has 1 saturated carbocycles. The van der Waals surface area contributed by atoms with E-state index in [9.17, 15) is 4.39 Å². The predicted molar refractivity (Wildman–Crippen MR) is 79.1 cm³/mol. The summed E-state index contributed by atoms with van der Waals surface area (Å²) >= 11 is 0. The SMILES string of the molecule is CCCN(CC1CC1)c1c(F)cccc1C(C)NC. The lowest BCUT2D eigenvalue weighted by atomic mass is 10.0. The highest BCUT2D eigenvalue weighted by atomic mass is 19.1. The predicted octanol–water partition coefficient (Wildman–Crippen LogP) is 3.73. The normalized spacial score (nSPS) is 16.4. The minimum atomic E-state index is -0.0892. The molecule has 0 bridgehead atoms. The Hall–Kier alpha value is -1.09. The van der Waals surface area contributed by atoms with E-state index < -0.39 is 0 Å². The molecule has 0 saturated heterocycles. The number of rotatable bonds is 7. The third-order valence-corrected chi connectivity index (χ3v) is 3.90. The Morgan fingerprint density at radius 3 is 2.74 bits per heavy atom. The third-order valence-electron chi connectivity index (χ3n) is 3.90. The minimum Gasteiger partial charge on any atom is -0.369 e. The van der Waals surface area contributed by atoms with Crippen LogP contribution in [0.3, 0.4) is 0 Å². The molecule has 0 spiro atoms. The van der Waals surface area contributed by atoms with Gasteiger partial charge in [0.05, 0.1) is 5.69 Å². The summed E-state index contributed by atoms with van der Waals surface area (Å²) in [5.74, 6) is 0.678. The van der Waals surface area contributed by atoms with E-state index in [0.717, 1.165) is 36.7 Å². The Morgan fingerprint density at radius 2 is 2.16 bits per heavy atom. The maximum Gasteiger partial charge on any atom is 0.146 e. The van der Waals surface area contributed by atoms with Crippen LogP contribution in [0, 0.1) is 11.7 Å². The van der Waals surface area contributed by atoms with Crippen LogP contribution in [0.2, 0.25) is 0 Å². The molecule has 3 heteroatoms. The van der Waals surface area contributed by atoms with Gasteiger partial charge in [0.25, 0.3) is 0 Å². The quantitative estimate of drug-likeness (QED) is 0.807. The first kappa shape index (κ1) is 14.3. The summed E-state index contributed by atoms with van der Waals surface area (Å²) < 4.78 is 14.3. The van der Waals surface area contributed by atoms with Crippen molar-refractivity contribution in [2.45, 2.75) is 39.2 Å². The number of benzene rings is 1. The highest BCUT2D eigenvalue weighted by Gasteiger charge is 2.27. The molecule has 0 radical (unpaired) electrons. The summed E-state index contributed by atoms with van der Waals surface area (Å²) in [6, 6.07) is 5.60. The van der Waals surface area contributed by atoms with Gasteiger partial charge in [0.15, 0.2) is 0 Å². The largest absolute Gasteiger partial charge is 0.369 e. The second-order valence-corrected chi connectivity index (χ2v) is 5.58. The number of nitrogens with zero attached hydrogens (tertiary/aromatic N) is 1. The maximum atomic E-state index is 14.3. The van der Waals surface area contributed by atoms with E-state index in [1.807, 2.05) is 19.2 Å². The van der Waals surface area contributed by atoms with Gasteiger partial charge in [-0.15, -0.1) is 0 Å². The number of hydrogen-bond donors (Lipinski definition) is 1. The average Bonchev–Trinajstić information content (AvgIpc) is 3.21. The fraction of sp³-hybridized carbons (Fsp3) is 0.625. The van der Waals surface area contributed by atoms with Crippen molar-refractivity contribution in [3.8, 4) is 0 Å². The molecule has 106 valence electrons. The fourth-order valence-electron chi connectivity index (χ4n) is 2.55. The first-order chi connectivity index (χ1) is 9.17. The molecule has 1 aliphatic carbocycles. The van der Waals surface area contributed by atoms with Crippen LogP contribution >= 0.6 is 0 Å². The molecule has 1 aromatic carbocycles. The summed E-state index contributed by atoms with van der Waals surface area (Å²) in [6.07, 6.45) is 3.64. The van der Waals surface area contributed by atoms with Crippen molar-refractivity contribution < 1.29 is 4.39 Å². The van der Waals surface area contributed by atoms with Crippen LogP contribution in [0.5, 0.6) is 0 Å². The lowest BCUT2D eigenvalue weighted by Gasteiger charge is -2.29. The van der Waals surface area contributed by atoms with Crippen molar-refractivity contribution in [3.63, 3.8) is 0 Å². The molecule has 2 nitrogen and oxygen atoms in total. The smallest absolute Gasteiger partial charge is 0.146 e. The Bertz CT molecular complexity index is 415. The van der Waals surface area contributed by atoms with Crippen LogP contribution in [0.1, 0.15) is 44.7 Å². The fourth-order valence-corrected chi connectivity index (χ4v) is 2.55. The number of para-hydroxylation sites is 1. The van der Waals surface area contributed by atoms with Crippen molar-refractivity contribution >= 4 is 5.69 Å². The first-order valence-electron chi connectivity index (χ1n) is 7.38. The summed E-state index contributed by atoms with van der Waals surface area (Å²) in [5, 5.41) is 3.22. The summed E-state index contributed by atoms with van der Waals surface area (Å²) in [5.41, 5.74) is 1.87. The minimum absolute atomic E-state index is 0.0892. The summed E-state index contributed by atoms with van der Waals surface area (Å²) in [4.78, 5) is 2.25. The van der Waals surface area contributed by atoms with Crippen LogP contribution < -0.4 is 10.2 Å². The number of nitrogens with one attached hydrogen (secondary N) is 1. The Labute approximate surface area is 116 Å². The van der Waals surface area contributed by atoms with Gasteiger partial charge in [0, 0.05) is 19.1 Å². The standard InChI is InChI=1S/C16H25FN2/c1-4-10-19(11-13-8-9-13)16-14(12(2)18-3)6-5-7-15(16)17/h5-7,12-13,18H,4,8-11H2,1-3H3. The van der Waals surface area contributed by atoms with Gasteiger partial charge in [-0.25, -0.2) is 4.39 Å². The molecule has 1 N–H and O–H groups in total. The van der Waals surface area contributed by atoms with Gasteiger partial charge in [0.2, 0.25) is 0 Å². The van der Waals surface area contributed by atoms with E-state index in [4.69, 9.17) is 0 Å². The van der Waals surface area contributed by atoms with Crippen LogP contribution in [0.25, 0.3) is 0 Å². The maximum absolute atomic E-state index is 14.3. The van der Waals surface area contributed by atoms with E-state index in [-0.39, 0.29) is 11.9 Å². The molecule has 0 amide bonds. The number of anilines is 1. The third kappa shape index (κ3) is 3.47. The van der Waals surface area contributed by atoms with E-state index >= 15 is 0 Å². The number of halogens is 1. The van der Waals surface area contributed by atoms with Crippen molar-refractivity contribution in [3.05, 3.63) is 29.6 Å². The van der Waals surface area contributed by atoms with Gasteiger partial charge in [-0.05, 0) is 50.8 Å². The van der Waals surface area contributed by atoms with Gasteiger partial charge in [-0.1, -0.05) is 19.1 Å². The second kappa shape index (κ2) is 6.38. The Balaban J connectivity index is 2.32. The first-order valence-corrected chi connectivity index (χ1v) is 7.38. The lowest BCUT2D eigenvalue weighted by Crippen LogP contribution is -2.30. The number of hydrogen-bond acceptors (Lipinski definition) is 2. The zero-order valence-corrected chi connectivity index (χ0v) is 12.2. The van der Waals surface area contributed by atoms with Crippen LogP contribution in [0.15, 0.2) is 18.2 Å². The Morgan fingerprint density at radius 1 is 1.42 bits per heavy atom. The molecule has 2 rings (SSSR count). The molecule has 1 aromatic rings. The molecular weight excluding hydrogens is 239 g/mol. The van der Waals surface area contributed by atoms with E-state index in [1.165, 1.54) is 12.8 Å². The lowest BCUT2D eigenvalue weighted by molar-refractivity contribution is 0.589. The van der Waals surface area contributed by atoms with E-state index in [0.29, 0.717) is 0 Å². The zero-order chi connectivity index (χ0) is 13.8. The highest BCUT2D eigenvalue weighted by molar-refractivity contribution is 5.56. The summed E-state index contributed by atoms with van der Waals surface area (Å²) in [7, 11) is 1.92. The van der Waals surface area contributed by atoms with Crippen LogP contribution in [-0.2, 0) is 0 Å². The zero-order valence-electron chi connectivity index (χ0n) is 12.2. The molecular formula is C16H25FN2. The molecule has 0 heterocycles. The molecule has 0 aromatic heterocycles.